The molecule has 1 fully saturated rings. The van der Waals surface area contributed by atoms with Crippen LogP contribution in [0, 0.1) is 24.2 Å². The highest BCUT2D eigenvalue weighted by Crippen LogP contribution is 2.37. The monoisotopic (exact) mass is 439 g/mol. The number of carbonyl (C=O) groups is 1. The second kappa shape index (κ2) is 8.93. The largest absolute Gasteiger partial charge is 0.481 e. The van der Waals surface area contributed by atoms with E-state index in [-0.39, 0.29) is 17.1 Å². The number of hydrogen-bond donors (Lipinski definition) is 1. The van der Waals surface area contributed by atoms with E-state index in [1.165, 1.54) is 17.4 Å². The van der Waals surface area contributed by atoms with Crippen molar-refractivity contribution in [3.63, 3.8) is 0 Å². The number of halogens is 2. The first-order valence-electron chi connectivity index (χ1n) is 9.85. The van der Waals surface area contributed by atoms with Gasteiger partial charge in [-0.05, 0) is 36.8 Å². The highest BCUT2D eigenvalue weighted by molar-refractivity contribution is 7.15. The van der Waals surface area contributed by atoms with Crippen molar-refractivity contribution < 1.29 is 23.4 Å². The number of piperidine rings is 1. The second-order valence-corrected chi connectivity index (χ2v) is 9.94. The summed E-state index contributed by atoms with van der Waals surface area (Å²) < 4.78 is 30.1. The number of alkyl halides is 2. The van der Waals surface area contributed by atoms with Gasteiger partial charge in [0, 0.05) is 25.0 Å². The van der Waals surface area contributed by atoms with Crippen LogP contribution in [-0.4, -0.2) is 45.6 Å². The van der Waals surface area contributed by atoms with Gasteiger partial charge in [-0.15, -0.1) is 11.3 Å². The van der Waals surface area contributed by atoms with E-state index < -0.39 is 18.5 Å². The molecular formula is C21H27F2N3O3S. The van der Waals surface area contributed by atoms with Gasteiger partial charge >= 0.3 is 12.6 Å². The lowest BCUT2D eigenvalue weighted by atomic mass is 9.73. The van der Waals surface area contributed by atoms with Crippen LogP contribution in [-0.2, 0) is 11.3 Å². The number of aryl methyl sites for hydroxylation is 1. The van der Waals surface area contributed by atoms with Crippen LogP contribution in [0.2, 0.25) is 0 Å². The standard InChI is InChI=1S/C21H27F2N3O3S/c1-12-5-6-15(29-20(22)23)18(25-12)16-8-24-17(30-16)11-26-9-13(19(27)28)7-14(10-26)21(2,3)4/h5-6,8,13-14,20H,7,9-11H2,1-4H3,(H,27,28)/t13-,14-/m1/s1. The van der Waals surface area contributed by atoms with Gasteiger partial charge in [-0.3, -0.25) is 9.69 Å². The van der Waals surface area contributed by atoms with Gasteiger partial charge in [0.15, 0.2) is 5.75 Å². The summed E-state index contributed by atoms with van der Waals surface area (Å²) in [5.74, 6) is -0.905. The molecule has 0 aromatic carbocycles. The van der Waals surface area contributed by atoms with Crippen molar-refractivity contribution in [2.45, 2.75) is 47.3 Å². The minimum Gasteiger partial charge on any atom is -0.481 e. The summed E-state index contributed by atoms with van der Waals surface area (Å²) >= 11 is 1.36. The maximum Gasteiger partial charge on any atom is 0.387 e. The molecule has 2 aromatic heterocycles. The Kier molecular flexibility index (Phi) is 6.71. The molecule has 6 nitrogen and oxygen atoms in total. The summed E-state index contributed by atoms with van der Waals surface area (Å²) in [6.45, 7) is 7.03. The smallest absolute Gasteiger partial charge is 0.387 e. The first kappa shape index (κ1) is 22.6. The zero-order chi connectivity index (χ0) is 22.1. The molecule has 0 unspecified atom stereocenters. The van der Waals surface area contributed by atoms with Gasteiger partial charge in [-0.2, -0.15) is 8.78 Å². The zero-order valence-electron chi connectivity index (χ0n) is 17.6. The van der Waals surface area contributed by atoms with Crippen molar-refractivity contribution in [3.05, 3.63) is 29.0 Å². The Morgan fingerprint density at radius 1 is 1.37 bits per heavy atom. The Morgan fingerprint density at radius 3 is 2.73 bits per heavy atom. The van der Waals surface area contributed by atoms with E-state index in [1.807, 2.05) is 0 Å². The van der Waals surface area contributed by atoms with Crippen LogP contribution in [0.5, 0.6) is 5.75 Å². The summed E-state index contributed by atoms with van der Waals surface area (Å²) in [5, 5.41) is 10.4. The highest BCUT2D eigenvalue weighted by atomic mass is 32.1. The SMILES string of the molecule is Cc1ccc(OC(F)F)c(-c2cnc(CN3C[C@H](C(=O)O)C[C@@H](C(C)(C)C)C3)s2)n1. The summed E-state index contributed by atoms with van der Waals surface area (Å²) in [4.78, 5) is 23.2. The number of thiazole rings is 1. The number of hydrogen-bond acceptors (Lipinski definition) is 6. The zero-order valence-corrected chi connectivity index (χ0v) is 18.4. The number of aliphatic carboxylic acids is 1. The van der Waals surface area contributed by atoms with E-state index in [4.69, 9.17) is 0 Å². The van der Waals surface area contributed by atoms with E-state index >= 15 is 0 Å². The molecule has 164 valence electrons. The summed E-state index contributed by atoms with van der Waals surface area (Å²) in [7, 11) is 0. The van der Waals surface area contributed by atoms with Crippen molar-refractivity contribution in [2.75, 3.05) is 13.1 Å². The van der Waals surface area contributed by atoms with E-state index in [0.717, 1.165) is 11.6 Å². The topological polar surface area (TPSA) is 75.5 Å². The van der Waals surface area contributed by atoms with Crippen LogP contribution in [0.3, 0.4) is 0 Å². The van der Waals surface area contributed by atoms with E-state index in [0.29, 0.717) is 35.8 Å². The lowest BCUT2D eigenvalue weighted by Gasteiger charge is -2.42. The fraction of sp³-hybridized carbons (Fsp3) is 0.571. The van der Waals surface area contributed by atoms with Crippen LogP contribution in [0.25, 0.3) is 10.6 Å². The molecule has 1 N–H and O–H groups in total. The lowest BCUT2D eigenvalue weighted by Crippen LogP contribution is -2.46. The van der Waals surface area contributed by atoms with Crippen molar-refractivity contribution in [1.82, 2.24) is 14.9 Å². The third kappa shape index (κ3) is 5.51. The van der Waals surface area contributed by atoms with Crippen LogP contribution in [0.15, 0.2) is 18.3 Å². The van der Waals surface area contributed by atoms with Crippen molar-refractivity contribution in [2.24, 2.45) is 17.3 Å². The molecule has 9 heteroatoms. The second-order valence-electron chi connectivity index (χ2n) is 8.82. The van der Waals surface area contributed by atoms with Gasteiger partial charge in [0.2, 0.25) is 0 Å². The van der Waals surface area contributed by atoms with Gasteiger partial charge in [0.25, 0.3) is 0 Å². The molecule has 0 amide bonds. The quantitative estimate of drug-likeness (QED) is 0.704. The molecular weight excluding hydrogens is 412 g/mol. The Hall–Kier alpha value is -2.13. The first-order valence-corrected chi connectivity index (χ1v) is 10.7. The maximum absolute atomic E-state index is 12.7. The third-order valence-electron chi connectivity index (χ3n) is 5.46. The Bertz CT molecular complexity index is 898. The van der Waals surface area contributed by atoms with Crippen molar-refractivity contribution >= 4 is 17.3 Å². The number of nitrogens with zero attached hydrogens (tertiary/aromatic N) is 3. The molecule has 0 spiro atoms. The maximum atomic E-state index is 12.7. The number of likely N-dealkylation sites (tertiary alicyclic amines) is 1. The molecule has 1 aliphatic rings. The lowest BCUT2D eigenvalue weighted by molar-refractivity contribution is -0.145. The number of rotatable bonds is 6. The van der Waals surface area contributed by atoms with E-state index in [9.17, 15) is 18.7 Å². The normalized spacial score (nSPS) is 20.5. The molecule has 0 bridgehead atoms. The van der Waals surface area contributed by atoms with Gasteiger partial charge in [-0.25, -0.2) is 9.97 Å². The Labute approximate surface area is 178 Å². The summed E-state index contributed by atoms with van der Waals surface area (Å²) in [5.41, 5.74) is 1.04. The number of ether oxygens (including phenoxy) is 1. The average molecular weight is 440 g/mol. The summed E-state index contributed by atoms with van der Waals surface area (Å²) in [6, 6.07) is 3.11. The van der Waals surface area contributed by atoms with Crippen molar-refractivity contribution in [1.29, 1.82) is 0 Å². The highest BCUT2D eigenvalue weighted by Gasteiger charge is 2.37. The fourth-order valence-corrected chi connectivity index (χ4v) is 4.68. The minimum absolute atomic E-state index is 0.00735. The van der Waals surface area contributed by atoms with Gasteiger partial charge < -0.3 is 9.84 Å². The molecule has 0 saturated carbocycles. The Morgan fingerprint density at radius 2 is 2.10 bits per heavy atom. The summed E-state index contributed by atoms with van der Waals surface area (Å²) in [6.07, 6.45) is 2.28. The number of carboxylic acid groups (broad SMARTS) is 1. The molecule has 0 radical (unpaired) electrons. The Balaban J connectivity index is 1.80. The first-order chi connectivity index (χ1) is 14.0. The van der Waals surface area contributed by atoms with E-state index in [2.05, 4.69) is 40.4 Å². The number of aromatic nitrogens is 2. The number of carboxylic acids is 1. The molecule has 3 heterocycles. The molecule has 1 aliphatic heterocycles. The molecule has 30 heavy (non-hydrogen) atoms. The minimum atomic E-state index is -2.93. The van der Waals surface area contributed by atoms with Gasteiger partial charge in [0.1, 0.15) is 10.7 Å². The fourth-order valence-electron chi connectivity index (χ4n) is 3.72. The van der Waals surface area contributed by atoms with Gasteiger partial charge in [-0.1, -0.05) is 20.8 Å². The molecule has 2 atom stereocenters. The molecule has 2 aromatic rings. The van der Waals surface area contributed by atoms with Gasteiger partial charge in [0.05, 0.1) is 17.3 Å². The predicted molar refractivity (Wildman–Crippen MR) is 111 cm³/mol. The molecule has 3 rings (SSSR count). The van der Waals surface area contributed by atoms with Crippen LogP contribution < -0.4 is 4.74 Å². The van der Waals surface area contributed by atoms with Crippen LogP contribution in [0.4, 0.5) is 8.78 Å². The van der Waals surface area contributed by atoms with Crippen molar-refractivity contribution in [3.8, 4) is 16.3 Å². The van der Waals surface area contributed by atoms with Crippen LogP contribution in [0.1, 0.15) is 37.9 Å². The average Bonchev–Trinajstić information content (AvgIpc) is 3.10. The van der Waals surface area contributed by atoms with Crippen LogP contribution >= 0.6 is 11.3 Å². The van der Waals surface area contributed by atoms with E-state index in [1.54, 1.807) is 19.2 Å². The third-order valence-corrected chi connectivity index (χ3v) is 6.45. The molecule has 0 aliphatic carbocycles. The number of pyridine rings is 1. The predicted octanol–water partition coefficient (Wildman–Crippen LogP) is 4.68. The molecule has 1 saturated heterocycles.